The summed E-state index contributed by atoms with van der Waals surface area (Å²) in [5.41, 5.74) is 3.79. The number of carbonyl (C=O) groups excluding carboxylic acids is 1. The smallest absolute Gasteiger partial charge is 0.335 e. The summed E-state index contributed by atoms with van der Waals surface area (Å²) in [6.07, 6.45) is 11.7. The molecular formula is C39H53NO5. The van der Waals surface area contributed by atoms with Crippen LogP contribution in [0.5, 0.6) is 0 Å². The monoisotopic (exact) mass is 615 g/mol. The summed E-state index contributed by atoms with van der Waals surface area (Å²) in [4.78, 5) is 36.8. The second-order valence-electron chi connectivity index (χ2n) is 16.8. The molecule has 0 saturated heterocycles. The molecule has 4 fully saturated rings. The number of amides is 1. The quantitative estimate of drug-likeness (QED) is 0.280. The summed E-state index contributed by atoms with van der Waals surface area (Å²) in [6, 6.07) is 7.43. The van der Waals surface area contributed by atoms with Crippen LogP contribution in [0.15, 0.2) is 42.5 Å². The van der Waals surface area contributed by atoms with Gasteiger partial charge in [-0.3, -0.25) is 9.59 Å². The molecule has 4 unspecified atom stereocenters. The Balaban J connectivity index is 1.35. The van der Waals surface area contributed by atoms with Crippen molar-refractivity contribution < 1.29 is 24.6 Å². The lowest BCUT2D eigenvalue weighted by atomic mass is 9.32. The van der Waals surface area contributed by atoms with Gasteiger partial charge in [0, 0.05) is 0 Å². The highest BCUT2D eigenvalue weighted by molar-refractivity contribution is 5.88. The molecular weight excluding hydrogens is 562 g/mol. The molecule has 0 bridgehead atoms. The van der Waals surface area contributed by atoms with Gasteiger partial charge in [-0.15, -0.1) is 0 Å². The third-order valence-electron chi connectivity index (χ3n) is 14.9. The van der Waals surface area contributed by atoms with Gasteiger partial charge in [-0.1, -0.05) is 65.0 Å². The molecule has 5 aliphatic carbocycles. The van der Waals surface area contributed by atoms with Gasteiger partial charge in [-0.05, 0) is 139 Å². The first-order valence-corrected chi connectivity index (χ1v) is 17.2. The summed E-state index contributed by atoms with van der Waals surface area (Å²) < 4.78 is 0. The topological polar surface area (TPSA) is 104 Å². The van der Waals surface area contributed by atoms with Crippen molar-refractivity contribution in [2.75, 3.05) is 6.54 Å². The van der Waals surface area contributed by atoms with E-state index >= 15 is 0 Å². The van der Waals surface area contributed by atoms with Crippen LogP contribution in [0.3, 0.4) is 0 Å². The molecule has 3 N–H and O–H groups in total. The van der Waals surface area contributed by atoms with Gasteiger partial charge in [0.1, 0.15) is 6.54 Å². The second kappa shape index (κ2) is 10.6. The summed E-state index contributed by atoms with van der Waals surface area (Å²) in [5.74, 6) is 0.0485. The molecule has 0 aromatic heterocycles. The molecule has 5 aliphatic rings. The molecule has 0 heterocycles. The van der Waals surface area contributed by atoms with Crippen LogP contribution in [-0.2, 0) is 9.59 Å². The maximum Gasteiger partial charge on any atom is 0.335 e. The molecule has 0 spiro atoms. The number of carboxylic acid groups (broad SMARTS) is 2. The molecule has 0 radical (unpaired) electrons. The summed E-state index contributed by atoms with van der Waals surface area (Å²) in [6.45, 7) is 18.7. The summed E-state index contributed by atoms with van der Waals surface area (Å²) >= 11 is 0. The Morgan fingerprint density at radius 2 is 1.56 bits per heavy atom. The molecule has 6 rings (SSSR count). The van der Waals surface area contributed by atoms with Crippen molar-refractivity contribution in [1.29, 1.82) is 0 Å². The number of aliphatic carboxylic acids is 1. The number of nitrogens with one attached hydrogen (secondary N) is 1. The van der Waals surface area contributed by atoms with Crippen molar-refractivity contribution in [3.8, 4) is 0 Å². The fourth-order valence-electron chi connectivity index (χ4n) is 12.8. The van der Waals surface area contributed by atoms with E-state index in [0.717, 1.165) is 56.9 Å². The first-order chi connectivity index (χ1) is 21.0. The lowest BCUT2D eigenvalue weighted by molar-refractivity contribution is -0.225. The molecule has 0 aliphatic heterocycles. The Hall–Kier alpha value is -2.89. The molecule has 1 amide bonds. The van der Waals surface area contributed by atoms with E-state index in [4.69, 9.17) is 0 Å². The van der Waals surface area contributed by atoms with Gasteiger partial charge in [0.2, 0.25) is 5.91 Å². The number of aromatic carboxylic acids is 1. The molecule has 9 atom stereocenters. The third-order valence-corrected chi connectivity index (χ3v) is 14.9. The van der Waals surface area contributed by atoms with E-state index in [1.54, 1.807) is 12.1 Å². The zero-order valence-corrected chi connectivity index (χ0v) is 28.2. The van der Waals surface area contributed by atoms with Crippen molar-refractivity contribution in [3.05, 3.63) is 53.6 Å². The SMILES string of the molecule is C=C(C)[C@@H]1CC[C@]2(C(=O)NCC(=O)O)CC[C@]3(C)C(CCC4[C@@]5(C)CC=C(c6ccc(C(=O)O)cc6)C(C)(C)C5CC[C@]43C)C12. The highest BCUT2D eigenvalue weighted by atomic mass is 16.4. The number of carboxylic acids is 2. The van der Waals surface area contributed by atoms with E-state index in [0.29, 0.717) is 29.2 Å². The van der Waals surface area contributed by atoms with E-state index in [2.05, 4.69) is 59.5 Å². The maximum absolute atomic E-state index is 13.9. The largest absolute Gasteiger partial charge is 0.480 e. The number of rotatable bonds is 6. The van der Waals surface area contributed by atoms with Crippen LogP contribution in [0.4, 0.5) is 0 Å². The zero-order valence-electron chi connectivity index (χ0n) is 28.2. The number of benzene rings is 1. The van der Waals surface area contributed by atoms with Crippen molar-refractivity contribution in [2.45, 2.75) is 99.3 Å². The average Bonchev–Trinajstić information content (AvgIpc) is 3.37. The standard InChI is InChI=1S/C39H53NO5/c1-23(2)26-14-19-39(34(45)40-22-31(41)42)21-20-37(6)28(32(26)39)12-13-30-36(5)17-15-27(24-8-10-25(11-9-24)33(43)44)35(3,4)29(36)16-18-38(30,37)7/h8-11,15,26,28-30,32H,1,12-14,16-22H2,2-7H3,(H,40,45)(H,41,42)(H,43,44)/t26-,28?,29?,30?,32?,36-,37+,38+,39-/m0/s1. The molecule has 6 heteroatoms. The van der Waals surface area contributed by atoms with Crippen LogP contribution in [0, 0.1) is 56.7 Å². The highest BCUT2D eigenvalue weighted by Gasteiger charge is 2.71. The van der Waals surface area contributed by atoms with Gasteiger partial charge in [-0.2, -0.15) is 0 Å². The molecule has 6 nitrogen and oxygen atoms in total. The number of carbonyl (C=O) groups is 3. The van der Waals surface area contributed by atoms with Gasteiger partial charge < -0.3 is 15.5 Å². The Labute approximate surface area is 269 Å². The Kier molecular flexibility index (Phi) is 7.53. The van der Waals surface area contributed by atoms with Crippen LogP contribution in [0.1, 0.15) is 115 Å². The third kappa shape index (κ3) is 4.43. The van der Waals surface area contributed by atoms with Crippen LogP contribution in [-0.4, -0.2) is 34.6 Å². The number of allylic oxidation sites excluding steroid dienone is 3. The lowest BCUT2D eigenvalue weighted by Gasteiger charge is -2.72. The van der Waals surface area contributed by atoms with Crippen LogP contribution in [0.25, 0.3) is 5.57 Å². The fourth-order valence-corrected chi connectivity index (χ4v) is 12.8. The molecule has 45 heavy (non-hydrogen) atoms. The van der Waals surface area contributed by atoms with Gasteiger partial charge >= 0.3 is 11.9 Å². The zero-order chi connectivity index (χ0) is 32.7. The average molecular weight is 616 g/mol. The van der Waals surface area contributed by atoms with Gasteiger partial charge in [-0.25, -0.2) is 4.79 Å². The minimum atomic E-state index is -0.991. The Bertz CT molecular complexity index is 1460. The van der Waals surface area contributed by atoms with Crippen molar-refractivity contribution in [3.63, 3.8) is 0 Å². The van der Waals surface area contributed by atoms with Crippen molar-refractivity contribution in [2.24, 2.45) is 56.7 Å². The minimum Gasteiger partial charge on any atom is -0.480 e. The normalized spacial score (nSPS) is 41.4. The first-order valence-electron chi connectivity index (χ1n) is 17.2. The molecule has 4 saturated carbocycles. The molecule has 1 aromatic rings. The first kappa shape index (κ1) is 32.1. The Morgan fingerprint density at radius 1 is 0.867 bits per heavy atom. The number of fused-ring (bicyclic) bond motifs is 7. The second-order valence-corrected chi connectivity index (χ2v) is 16.8. The Morgan fingerprint density at radius 3 is 2.18 bits per heavy atom. The van der Waals surface area contributed by atoms with Crippen LogP contribution in [0.2, 0.25) is 0 Å². The van der Waals surface area contributed by atoms with Gasteiger partial charge in [0.25, 0.3) is 0 Å². The van der Waals surface area contributed by atoms with E-state index in [-0.39, 0.29) is 40.0 Å². The van der Waals surface area contributed by atoms with E-state index in [1.165, 1.54) is 17.6 Å². The predicted molar refractivity (Wildman–Crippen MR) is 176 cm³/mol. The van der Waals surface area contributed by atoms with Crippen molar-refractivity contribution >= 4 is 23.4 Å². The van der Waals surface area contributed by atoms with Gasteiger partial charge in [0.15, 0.2) is 0 Å². The van der Waals surface area contributed by atoms with Gasteiger partial charge in [0.05, 0.1) is 11.0 Å². The van der Waals surface area contributed by atoms with Crippen LogP contribution >= 0.6 is 0 Å². The van der Waals surface area contributed by atoms with E-state index in [9.17, 15) is 24.6 Å². The molecule has 244 valence electrons. The minimum absolute atomic E-state index is 0.0444. The lowest BCUT2D eigenvalue weighted by Crippen LogP contribution is -2.66. The summed E-state index contributed by atoms with van der Waals surface area (Å²) in [5, 5.41) is 21.6. The number of hydrogen-bond acceptors (Lipinski definition) is 3. The summed E-state index contributed by atoms with van der Waals surface area (Å²) in [7, 11) is 0. The number of hydrogen-bond donors (Lipinski definition) is 3. The van der Waals surface area contributed by atoms with E-state index < -0.39 is 17.4 Å². The van der Waals surface area contributed by atoms with Crippen LogP contribution < -0.4 is 5.32 Å². The predicted octanol–water partition coefficient (Wildman–Crippen LogP) is 8.24. The van der Waals surface area contributed by atoms with E-state index in [1.807, 2.05) is 12.1 Å². The maximum atomic E-state index is 13.9. The molecule has 1 aromatic carbocycles. The fraction of sp³-hybridized carbons (Fsp3) is 0.667. The highest BCUT2D eigenvalue weighted by Crippen LogP contribution is 2.77. The van der Waals surface area contributed by atoms with Crippen molar-refractivity contribution in [1.82, 2.24) is 5.32 Å².